The summed E-state index contributed by atoms with van der Waals surface area (Å²) < 4.78 is 0. The van der Waals surface area contributed by atoms with Crippen molar-refractivity contribution in [2.75, 3.05) is 6.54 Å². The molecule has 0 rings (SSSR count). The molecule has 1 radical (unpaired) electrons. The topological polar surface area (TPSA) is 26.0 Å². The van der Waals surface area contributed by atoms with E-state index in [-0.39, 0.29) is 0 Å². The lowest BCUT2D eigenvalue weighted by atomic mass is 10.5. The highest BCUT2D eigenvalue weighted by Crippen LogP contribution is 2.06. The minimum Gasteiger partial charge on any atom is -0.330 e. The standard InChI is InChI=1S/C6H16NSi/c1-8(2,3)6-4-5-7/h6H,4-5,7H2,1-3H3. The molecule has 0 aromatic heterocycles. The smallest absolute Gasteiger partial charge is 0.0474 e. The van der Waals surface area contributed by atoms with Crippen molar-refractivity contribution < 1.29 is 0 Å². The quantitative estimate of drug-likeness (QED) is 0.574. The second kappa shape index (κ2) is 3.25. The molecule has 0 saturated carbocycles. The number of nitrogens with two attached hydrogens (primary N) is 1. The van der Waals surface area contributed by atoms with E-state index in [0.29, 0.717) is 0 Å². The lowest BCUT2D eigenvalue weighted by molar-refractivity contribution is 0.980. The van der Waals surface area contributed by atoms with Crippen molar-refractivity contribution in [1.29, 1.82) is 0 Å². The summed E-state index contributed by atoms with van der Waals surface area (Å²) in [6, 6.07) is 2.38. The first-order chi connectivity index (χ1) is 3.56. The maximum absolute atomic E-state index is 5.33. The first kappa shape index (κ1) is 8.18. The molecule has 0 aliphatic heterocycles. The average Bonchev–Trinajstić information content (AvgIpc) is 1.59. The molecule has 0 amide bonds. The Morgan fingerprint density at radius 1 is 1.38 bits per heavy atom. The molecule has 0 aromatic carbocycles. The van der Waals surface area contributed by atoms with Gasteiger partial charge in [0.15, 0.2) is 0 Å². The van der Waals surface area contributed by atoms with Gasteiger partial charge in [0, 0.05) is 8.07 Å². The van der Waals surface area contributed by atoms with Crippen LogP contribution in [0.1, 0.15) is 6.42 Å². The third kappa shape index (κ3) is 6.18. The molecule has 2 heteroatoms. The molecule has 0 spiro atoms. The van der Waals surface area contributed by atoms with Crippen molar-refractivity contribution in [3.8, 4) is 0 Å². The predicted octanol–water partition coefficient (Wildman–Crippen LogP) is 1.42. The summed E-state index contributed by atoms with van der Waals surface area (Å²) in [4.78, 5) is 0. The molecule has 0 atom stereocenters. The molecular formula is C6H16NSi. The molecule has 1 nitrogen and oxygen atoms in total. The predicted molar refractivity (Wildman–Crippen MR) is 41.3 cm³/mol. The summed E-state index contributed by atoms with van der Waals surface area (Å²) in [6.45, 7) is 7.78. The Bertz CT molecular complexity index is 56.0. The lowest BCUT2D eigenvalue weighted by Gasteiger charge is -2.13. The van der Waals surface area contributed by atoms with E-state index in [9.17, 15) is 0 Å². The molecule has 0 aromatic rings. The largest absolute Gasteiger partial charge is 0.330 e. The van der Waals surface area contributed by atoms with E-state index < -0.39 is 8.07 Å². The van der Waals surface area contributed by atoms with Crippen LogP contribution in [-0.2, 0) is 0 Å². The summed E-state index contributed by atoms with van der Waals surface area (Å²) >= 11 is 0. The molecule has 0 fully saturated rings. The number of hydrogen-bond donors (Lipinski definition) is 1. The van der Waals surface area contributed by atoms with Crippen LogP contribution in [0.2, 0.25) is 19.6 Å². The molecule has 49 valence electrons. The van der Waals surface area contributed by atoms with Gasteiger partial charge < -0.3 is 5.73 Å². The highest BCUT2D eigenvalue weighted by atomic mass is 28.3. The van der Waals surface area contributed by atoms with Crippen LogP contribution < -0.4 is 5.73 Å². The second-order valence-corrected chi connectivity index (χ2v) is 8.29. The van der Waals surface area contributed by atoms with E-state index in [4.69, 9.17) is 5.73 Å². The zero-order valence-corrected chi connectivity index (χ0v) is 7.07. The van der Waals surface area contributed by atoms with Gasteiger partial charge in [-0.05, 0) is 19.0 Å². The summed E-state index contributed by atoms with van der Waals surface area (Å²) in [5, 5.41) is 0. The van der Waals surface area contributed by atoms with Gasteiger partial charge >= 0.3 is 0 Å². The Morgan fingerprint density at radius 3 is 2.00 bits per heavy atom. The van der Waals surface area contributed by atoms with Crippen molar-refractivity contribution in [1.82, 2.24) is 0 Å². The van der Waals surface area contributed by atoms with Crippen LogP contribution in [0.4, 0.5) is 0 Å². The first-order valence-electron chi connectivity index (χ1n) is 3.11. The highest BCUT2D eigenvalue weighted by molar-refractivity contribution is 6.79. The van der Waals surface area contributed by atoms with Crippen LogP contribution in [0.25, 0.3) is 0 Å². The lowest BCUT2D eigenvalue weighted by Crippen LogP contribution is -2.22. The maximum atomic E-state index is 5.33. The number of rotatable bonds is 3. The zero-order valence-electron chi connectivity index (χ0n) is 6.07. The van der Waals surface area contributed by atoms with Gasteiger partial charge in [-0.1, -0.05) is 19.6 Å². The minimum absolute atomic E-state index is 0.810. The van der Waals surface area contributed by atoms with E-state index in [1.165, 1.54) is 0 Å². The van der Waals surface area contributed by atoms with E-state index >= 15 is 0 Å². The fourth-order valence-electron chi connectivity index (χ4n) is 0.516. The Kier molecular flexibility index (Phi) is 3.32. The van der Waals surface area contributed by atoms with Crippen LogP contribution in [0.3, 0.4) is 0 Å². The van der Waals surface area contributed by atoms with E-state index in [1.54, 1.807) is 0 Å². The molecule has 8 heavy (non-hydrogen) atoms. The Labute approximate surface area is 53.3 Å². The summed E-state index contributed by atoms with van der Waals surface area (Å²) in [5.74, 6) is 0. The molecule has 2 N–H and O–H groups in total. The third-order valence-electron chi connectivity index (χ3n) is 0.923. The Balaban J connectivity index is 3.11. The molecule has 0 aliphatic rings. The van der Waals surface area contributed by atoms with Gasteiger partial charge in [-0.15, -0.1) is 0 Å². The number of hydrogen-bond acceptors (Lipinski definition) is 1. The van der Waals surface area contributed by atoms with Crippen molar-refractivity contribution in [2.45, 2.75) is 26.1 Å². The van der Waals surface area contributed by atoms with Crippen LogP contribution in [0.15, 0.2) is 0 Å². The van der Waals surface area contributed by atoms with Gasteiger partial charge in [0.1, 0.15) is 0 Å². The fraction of sp³-hybridized carbons (Fsp3) is 0.833. The molecular weight excluding hydrogens is 114 g/mol. The minimum atomic E-state index is -0.883. The average molecular weight is 130 g/mol. The van der Waals surface area contributed by atoms with Crippen molar-refractivity contribution in [3.63, 3.8) is 0 Å². The maximum Gasteiger partial charge on any atom is 0.0474 e. The van der Waals surface area contributed by atoms with Crippen molar-refractivity contribution in [2.24, 2.45) is 5.73 Å². The second-order valence-electron chi connectivity index (χ2n) is 3.15. The Hall–Kier alpha value is 0.177. The van der Waals surface area contributed by atoms with E-state index in [0.717, 1.165) is 13.0 Å². The van der Waals surface area contributed by atoms with Gasteiger partial charge in [-0.3, -0.25) is 0 Å². The summed E-state index contributed by atoms with van der Waals surface area (Å²) in [6.07, 6.45) is 1.09. The zero-order chi connectivity index (χ0) is 6.62. The van der Waals surface area contributed by atoms with Crippen LogP contribution in [-0.4, -0.2) is 14.6 Å². The fourth-order valence-corrected chi connectivity index (χ4v) is 1.55. The molecule has 0 unspecified atom stereocenters. The van der Waals surface area contributed by atoms with Gasteiger partial charge in [-0.2, -0.15) is 0 Å². The van der Waals surface area contributed by atoms with Crippen LogP contribution >= 0.6 is 0 Å². The monoisotopic (exact) mass is 130 g/mol. The molecule has 0 aliphatic carbocycles. The van der Waals surface area contributed by atoms with Gasteiger partial charge in [0.2, 0.25) is 0 Å². The summed E-state index contributed by atoms with van der Waals surface area (Å²) in [5.41, 5.74) is 5.33. The van der Waals surface area contributed by atoms with E-state index in [2.05, 4.69) is 25.7 Å². The third-order valence-corrected chi connectivity index (χ3v) is 2.44. The summed E-state index contributed by atoms with van der Waals surface area (Å²) in [7, 11) is -0.883. The SMILES string of the molecule is C[Si](C)(C)[CH]CCN. The Morgan fingerprint density at radius 2 is 1.88 bits per heavy atom. The molecule has 0 saturated heterocycles. The van der Waals surface area contributed by atoms with Gasteiger partial charge in [0.25, 0.3) is 0 Å². The van der Waals surface area contributed by atoms with Crippen molar-refractivity contribution >= 4 is 8.07 Å². The van der Waals surface area contributed by atoms with Crippen LogP contribution in [0, 0.1) is 6.04 Å². The van der Waals surface area contributed by atoms with Gasteiger partial charge in [-0.25, -0.2) is 0 Å². The van der Waals surface area contributed by atoms with Crippen LogP contribution in [0.5, 0.6) is 0 Å². The van der Waals surface area contributed by atoms with Gasteiger partial charge in [0.05, 0.1) is 0 Å². The van der Waals surface area contributed by atoms with Crippen molar-refractivity contribution in [3.05, 3.63) is 6.04 Å². The molecule has 0 bridgehead atoms. The highest BCUT2D eigenvalue weighted by Gasteiger charge is 2.10. The first-order valence-corrected chi connectivity index (χ1v) is 6.68. The van der Waals surface area contributed by atoms with E-state index in [1.807, 2.05) is 0 Å². The normalized spacial score (nSPS) is 12.0. The molecule has 0 heterocycles.